The molecule has 3 N–H and O–H groups in total. The zero-order chi connectivity index (χ0) is 29.1. The molecular formula is C32H39N5O4. The summed E-state index contributed by atoms with van der Waals surface area (Å²) < 4.78 is 0. The van der Waals surface area contributed by atoms with Crippen molar-refractivity contribution in [2.45, 2.75) is 77.5 Å². The maximum absolute atomic E-state index is 13.8. The van der Waals surface area contributed by atoms with E-state index < -0.39 is 12.1 Å². The summed E-state index contributed by atoms with van der Waals surface area (Å²) in [6.45, 7) is 6.71. The first-order chi connectivity index (χ1) is 19.6. The molecule has 2 aliphatic heterocycles. The topological polar surface area (TPSA) is 115 Å². The third-order valence-corrected chi connectivity index (χ3v) is 7.89. The van der Waals surface area contributed by atoms with E-state index in [1.807, 2.05) is 81.6 Å². The van der Waals surface area contributed by atoms with Crippen LogP contribution in [0, 0.1) is 5.41 Å². The zero-order valence-electron chi connectivity index (χ0n) is 24.0. The number of imide groups is 1. The molecule has 2 saturated heterocycles. The van der Waals surface area contributed by atoms with Gasteiger partial charge in [0.15, 0.2) is 0 Å². The summed E-state index contributed by atoms with van der Waals surface area (Å²) in [5.74, 6) is -0.742. The molecule has 216 valence electrons. The number of rotatable bonds is 8. The third-order valence-electron chi connectivity index (χ3n) is 7.89. The van der Waals surface area contributed by atoms with Gasteiger partial charge in [0.05, 0.1) is 12.6 Å². The highest BCUT2D eigenvalue weighted by Gasteiger charge is 2.45. The van der Waals surface area contributed by atoms with Crippen molar-refractivity contribution in [3.05, 3.63) is 71.9 Å². The van der Waals surface area contributed by atoms with E-state index in [4.69, 9.17) is 0 Å². The number of aromatic amines is 1. The number of carbonyl (C=O) groups is 4. The number of fused-ring (bicyclic) bond motifs is 2. The van der Waals surface area contributed by atoms with Gasteiger partial charge in [-0.2, -0.15) is 0 Å². The zero-order valence-corrected chi connectivity index (χ0v) is 24.0. The van der Waals surface area contributed by atoms with Gasteiger partial charge in [-0.3, -0.25) is 19.3 Å². The van der Waals surface area contributed by atoms with Crippen LogP contribution in [-0.2, 0) is 27.3 Å². The summed E-state index contributed by atoms with van der Waals surface area (Å²) in [7, 11) is 0. The summed E-state index contributed by atoms with van der Waals surface area (Å²) in [5.41, 5.74) is 2.55. The van der Waals surface area contributed by atoms with Crippen molar-refractivity contribution in [2.24, 2.45) is 5.41 Å². The third kappa shape index (κ3) is 6.61. The van der Waals surface area contributed by atoms with E-state index in [1.54, 1.807) is 4.90 Å². The molecule has 2 aromatic carbocycles. The van der Waals surface area contributed by atoms with Crippen molar-refractivity contribution in [3.8, 4) is 0 Å². The van der Waals surface area contributed by atoms with Gasteiger partial charge in [0.2, 0.25) is 17.7 Å². The molecule has 41 heavy (non-hydrogen) atoms. The van der Waals surface area contributed by atoms with Gasteiger partial charge >= 0.3 is 6.03 Å². The van der Waals surface area contributed by atoms with Gasteiger partial charge in [-0.25, -0.2) is 4.79 Å². The summed E-state index contributed by atoms with van der Waals surface area (Å²) in [6.07, 6.45) is 3.99. The molecule has 0 aliphatic carbocycles. The number of nitrogens with one attached hydrogen (secondary N) is 3. The number of amides is 5. The van der Waals surface area contributed by atoms with E-state index in [0.717, 1.165) is 22.0 Å². The van der Waals surface area contributed by atoms with Gasteiger partial charge in [0.1, 0.15) is 6.04 Å². The van der Waals surface area contributed by atoms with Gasteiger partial charge in [-0.1, -0.05) is 69.3 Å². The van der Waals surface area contributed by atoms with Gasteiger partial charge in [-0.15, -0.1) is 0 Å². The van der Waals surface area contributed by atoms with Crippen molar-refractivity contribution >= 4 is 34.7 Å². The van der Waals surface area contributed by atoms with E-state index in [-0.39, 0.29) is 54.6 Å². The molecule has 3 aromatic rings. The lowest BCUT2D eigenvalue weighted by atomic mass is 9.90. The Balaban J connectivity index is 1.32. The van der Waals surface area contributed by atoms with Crippen LogP contribution in [0.5, 0.6) is 0 Å². The van der Waals surface area contributed by atoms with Crippen LogP contribution in [0.4, 0.5) is 4.79 Å². The SMILES string of the molecule is CC(C)(C)CC(=O)N[C@@H](Cc1c[nH]c2ccccc12)C(=O)N[C@@H]1CCCN2C(=O)N(Cc3ccccc3)C(=O)C[C@@H]12. The number of hydrogen-bond donors (Lipinski definition) is 3. The van der Waals surface area contributed by atoms with Gasteiger partial charge in [-0.05, 0) is 35.4 Å². The molecule has 0 bridgehead atoms. The molecule has 9 heteroatoms. The van der Waals surface area contributed by atoms with Gasteiger partial charge < -0.3 is 20.5 Å². The van der Waals surface area contributed by atoms with Crippen molar-refractivity contribution < 1.29 is 19.2 Å². The lowest BCUT2D eigenvalue weighted by Gasteiger charge is -2.46. The first kappa shape index (κ1) is 28.4. The molecule has 5 amide bonds. The molecule has 0 saturated carbocycles. The number of hydrogen-bond acceptors (Lipinski definition) is 4. The van der Waals surface area contributed by atoms with E-state index in [2.05, 4.69) is 15.6 Å². The number of para-hydroxylation sites is 1. The molecule has 0 radical (unpaired) electrons. The average molecular weight is 558 g/mol. The fourth-order valence-electron chi connectivity index (χ4n) is 5.93. The molecule has 1 aromatic heterocycles. The largest absolute Gasteiger partial charge is 0.361 e. The van der Waals surface area contributed by atoms with Crippen LogP contribution in [0.25, 0.3) is 10.9 Å². The Morgan fingerprint density at radius 1 is 1.05 bits per heavy atom. The Bertz CT molecular complexity index is 1430. The smallest absolute Gasteiger partial charge is 0.327 e. The maximum atomic E-state index is 13.8. The quantitative estimate of drug-likeness (QED) is 0.386. The number of benzene rings is 2. The molecule has 0 spiro atoms. The number of H-pyrrole nitrogens is 1. The fraction of sp³-hybridized carbons (Fsp3) is 0.438. The second-order valence-corrected chi connectivity index (χ2v) is 12.4. The monoisotopic (exact) mass is 557 g/mol. The molecule has 0 unspecified atom stereocenters. The molecule has 2 fully saturated rings. The Morgan fingerprint density at radius 3 is 2.54 bits per heavy atom. The van der Waals surface area contributed by atoms with E-state index in [0.29, 0.717) is 25.8 Å². The van der Waals surface area contributed by atoms with Crippen molar-refractivity contribution in [1.82, 2.24) is 25.4 Å². The second kappa shape index (κ2) is 11.8. The molecular weight excluding hydrogens is 518 g/mol. The van der Waals surface area contributed by atoms with Gasteiger partial charge in [0, 0.05) is 48.9 Å². The first-order valence-corrected chi connectivity index (χ1v) is 14.4. The number of urea groups is 1. The number of piperidine rings is 1. The van der Waals surface area contributed by atoms with E-state index >= 15 is 0 Å². The first-order valence-electron chi connectivity index (χ1n) is 14.4. The van der Waals surface area contributed by atoms with Crippen LogP contribution < -0.4 is 10.6 Å². The molecule has 2 aliphatic rings. The van der Waals surface area contributed by atoms with Crippen molar-refractivity contribution in [1.29, 1.82) is 0 Å². The molecule has 3 atom stereocenters. The average Bonchev–Trinajstić information content (AvgIpc) is 3.33. The number of carbonyl (C=O) groups excluding carboxylic acids is 4. The number of aromatic nitrogens is 1. The maximum Gasteiger partial charge on any atom is 0.327 e. The second-order valence-electron chi connectivity index (χ2n) is 12.4. The Labute approximate surface area is 240 Å². The number of nitrogens with zero attached hydrogens (tertiary/aromatic N) is 2. The van der Waals surface area contributed by atoms with Crippen LogP contribution in [0.3, 0.4) is 0 Å². The Kier molecular flexibility index (Phi) is 8.15. The predicted molar refractivity (Wildman–Crippen MR) is 157 cm³/mol. The molecule has 9 nitrogen and oxygen atoms in total. The highest BCUT2D eigenvalue weighted by atomic mass is 16.2. The highest BCUT2D eigenvalue weighted by molar-refractivity contribution is 5.98. The minimum absolute atomic E-state index is 0.146. The van der Waals surface area contributed by atoms with E-state index in [9.17, 15) is 19.2 Å². The summed E-state index contributed by atoms with van der Waals surface area (Å²) in [6, 6.07) is 15.4. The highest BCUT2D eigenvalue weighted by Crippen LogP contribution is 2.28. The van der Waals surface area contributed by atoms with E-state index in [1.165, 1.54) is 4.90 Å². The minimum Gasteiger partial charge on any atom is -0.361 e. The van der Waals surface area contributed by atoms with Crippen molar-refractivity contribution in [2.75, 3.05) is 6.54 Å². The van der Waals surface area contributed by atoms with Crippen LogP contribution in [0.2, 0.25) is 0 Å². The summed E-state index contributed by atoms with van der Waals surface area (Å²) >= 11 is 0. The molecule has 3 heterocycles. The van der Waals surface area contributed by atoms with Crippen LogP contribution in [-0.4, -0.2) is 63.2 Å². The Morgan fingerprint density at radius 2 is 1.78 bits per heavy atom. The summed E-state index contributed by atoms with van der Waals surface area (Å²) in [4.78, 5) is 59.6. The fourth-order valence-corrected chi connectivity index (χ4v) is 5.93. The normalized spacial score (nSPS) is 20.1. The lowest BCUT2D eigenvalue weighted by Crippen LogP contribution is -2.66. The van der Waals surface area contributed by atoms with Crippen LogP contribution >= 0.6 is 0 Å². The van der Waals surface area contributed by atoms with Crippen molar-refractivity contribution in [3.63, 3.8) is 0 Å². The summed E-state index contributed by atoms with van der Waals surface area (Å²) in [5, 5.41) is 7.09. The Hall–Kier alpha value is -4.14. The lowest BCUT2D eigenvalue weighted by molar-refractivity contribution is -0.136. The minimum atomic E-state index is -0.802. The van der Waals surface area contributed by atoms with Gasteiger partial charge in [0.25, 0.3) is 0 Å². The standard InChI is InChI=1S/C32H39N5O4/c1-32(2,3)18-28(38)34-26(16-22-19-33-24-13-8-7-12-23(22)24)30(40)35-25-14-9-15-36-27(25)17-29(39)37(31(36)41)20-21-10-5-4-6-11-21/h4-8,10-13,19,25-27,33H,9,14-18,20H2,1-3H3,(H,34,38)(H,35,40)/t25-,26+,27+/m1/s1. The van der Waals surface area contributed by atoms with Crippen LogP contribution in [0.15, 0.2) is 60.8 Å². The molecule has 5 rings (SSSR count). The van der Waals surface area contributed by atoms with Crippen LogP contribution in [0.1, 0.15) is 57.6 Å². The predicted octanol–water partition coefficient (Wildman–Crippen LogP) is 4.13.